The number of hydrogen-bond acceptors (Lipinski definition) is 5. The minimum absolute atomic E-state index is 0.00129. The molecule has 184 valence electrons. The second-order valence-corrected chi connectivity index (χ2v) is 10.1. The van der Waals surface area contributed by atoms with E-state index >= 15 is 0 Å². The number of carbonyl (C=O) groups excluding carboxylic acids is 1. The summed E-state index contributed by atoms with van der Waals surface area (Å²) in [4.78, 5) is 22.2. The van der Waals surface area contributed by atoms with Crippen LogP contribution in [-0.4, -0.2) is 56.2 Å². The second-order valence-electron chi connectivity index (χ2n) is 8.96. The number of benzene rings is 3. The third-order valence-corrected chi connectivity index (χ3v) is 7.67. The number of phenols is 1. The average Bonchev–Trinajstić information content (AvgIpc) is 2.90. The molecule has 7 nitrogen and oxygen atoms in total. The maximum Gasteiger partial charge on any atom is 0.253 e. The van der Waals surface area contributed by atoms with Crippen molar-refractivity contribution in [2.75, 3.05) is 30.9 Å². The molecule has 1 aliphatic heterocycles. The summed E-state index contributed by atoms with van der Waals surface area (Å²) in [5, 5.41) is 10.6. The molecule has 0 spiro atoms. The van der Waals surface area contributed by atoms with Crippen molar-refractivity contribution in [1.29, 1.82) is 0 Å². The number of amides is 1. The fourth-order valence-corrected chi connectivity index (χ4v) is 5.47. The van der Waals surface area contributed by atoms with Gasteiger partial charge < -0.3 is 14.7 Å². The fourth-order valence-electron chi connectivity index (χ4n) is 4.46. The topological polar surface area (TPSA) is 85.8 Å². The summed E-state index contributed by atoms with van der Waals surface area (Å²) in [6, 6.07) is 22.0. The number of para-hydroxylation sites is 1. The maximum absolute atomic E-state index is 13.0. The van der Waals surface area contributed by atoms with E-state index in [9.17, 15) is 14.1 Å². The zero-order valence-electron chi connectivity index (χ0n) is 20.1. The Morgan fingerprint density at radius 2 is 1.75 bits per heavy atom. The number of aryl methyl sites for hydroxylation is 1. The predicted molar refractivity (Wildman–Crippen MR) is 142 cm³/mol. The smallest absolute Gasteiger partial charge is 0.253 e. The number of pyridine rings is 1. The first-order chi connectivity index (χ1) is 17.5. The highest BCUT2D eigenvalue weighted by Gasteiger charge is 2.22. The van der Waals surface area contributed by atoms with Crippen molar-refractivity contribution in [3.63, 3.8) is 0 Å². The Bertz CT molecular complexity index is 1410. The van der Waals surface area contributed by atoms with Crippen LogP contribution >= 0.6 is 0 Å². The summed E-state index contributed by atoms with van der Waals surface area (Å²) >= 11 is 0. The highest BCUT2D eigenvalue weighted by atomic mass is 32.2. The maximum atomic E-state index is 13.0. The van der Waals surface area contributed by atoms with Crippen molar-refractivity contribution in [2.45, 2.75) is 18.4 Å². The van der Waals surface area contributed by atoms with Crippen LogP contribution in [0.5, 0.6) is 5.75 Å². The molecule has 3 aromatic carbocycles. The van der Waals surface area contributed by atoms with Gasteiger partial charge in [0.15, 0.2) is 11.0 Å². The zero-order valence-corrected chi connectivity index (χ0v) is 20.9. The number of hydrogen-bond donors (Lipinski definition) is 2. The van der Waals surface area contributed by atoms with E-state index in [-0.39, 0.29) is 11.7 Å². The van der Waals surface area contributed by atoms with Gasteiger partial charge in [0.05, 0.1) is 10.4 Å². The lowest BCUT2D eigenvalue weighted by Gasteiger charge is -2.35. The number of carbonyl (C=O) groups is 1. The Morgan fingerprint density at radius 1 is 1.00 bits per heavy atom. The number of aromatic nitrogens is 1. The summed E-state index contributed by atoms with van der Waals surface area (Å²) < 4.78 is 16.0. The molecule has 8 heteroatoms. The van der Waals surface area contributed by atoms with Crippen LogP contribution in [0.2, 0.25) is 0 Å². The van der Waals surface area contributed by atoms with E-state index in [1.165, 1.54) is 5.56 Å². The highest BCUT2D eigenvalue weighted by Crippen LogP contribution is 2.22. The number of phenolic OH excluding ortho intramolecular Hbond substituents is 1. The number of nitrogens with zero attached hydrogens (tertiary/aromatic N) is 3. The molecule has 1 saturated heterocycles. The Kier molecular flexibility index (Phi) is 6.97. The van der Waals surface area contributed by atoms with Gasteiger partial charge in [-0.3, -0.25) is 14.7 Å². The molecule has 1 atom stereocenters. The third-order valence-electron chi connectivity index (χ3n) is 6.52. The van der Waals surface area contributed by atoms with Crippen LogP contribution in [0, 0.1) is 6.92 Å². The normalized spacial score (nSPS) is 15.1. The van der Waals surface area contributed by atoms with Gasteiger partial charge in [0.2, 0.25) is 0 Å². The van der Waals surface area contributed by atoms with Crippen molar-refractivity contribution in [3.05, 3.63) is 95.7 Å². The van der Waals surface area contributed by atoms with E-state index in [1.807, 2.05) is 42.2 Å². The van der Waals surface area contributed by atoms with Crippen molar-refractivity contribution in [1.82, 2.24) is 14.8 Å². The van der Waals surface area contributed by atoms with Crippen molar-refractivity contribution < 1.29 is 14.1 Å². The highest BCUT2D eigenvalue weighted by molar-refractivity contribution is 7.86. The standard InChI is InChI=1S/C28H28N4O3S/c1-20-18-25(33)12-9-23(20)19-31-14-16-32(17-15-31)28(34)22-7-10-24(11-8-22)30-36(35)26-6-2-4-21-5-3-13-29-27(21)26/h2-13,18,30,33H,14-17,19H2,1H3. The molecule has 0 bridgehead atoms. The third kappa shape index (κ3) is 5.24. The first-order valence-electron chi connectivity index (χ1n) is 11.9. The minimum Gasteiger partial charge on any atom is -0.508 e. The average molecular weight is 501 g/mol. The molecule has 2 N–H and O–H groups in total. The summed E-state index contributed by atoms with van der Waals surface area (Å²) in [5.41, 5.74) is 4.25. The Hall–Kier alpha value is -3.75. The van der Waals surface area contributed by atoms with Crippen LogP contribution in [0.3, 0.4) is 0 Å². The minimum atomic E-state index is -1.48. The van der Waals surface area contributed by atoms with Gasteiger partial charge in [0, 0.05) is 55.6 Å². The van der Waals surface area contributed by atoms with E-state index in [1.54, 1.807) is 48.7 Å². The van der Waals surface area contributed by atoms with Crippen LogP contribution < -0.4 is 4.72 Å². The number of nitrogens with one attached hydrogen (secondary N) is 1. The number of anilines is 1. The molecule has 0 radical (unpaired) electrons. The van der Waals surface area contributed by atoms with E-state index in [2.05, 4.69) is 14.6 Å². The lowest BCUT2D eigenvalue weighted by molar-refractivity contribution is 0.0628. The predicted octanol–water partition coefficient (Wildman–Crippen LogP) is 4.34. The molecule has 1 amide bonds. The van der Waals surface area contributed by atoms with Crippen LogP contribution in [0.15, 0.2) is 83.9 Å². The molecular weight excluding hydrogens is 472 g/mol. The van der Waals surface area contributed by atoms with Crippen LogP contribution in [0.25, 0.3) is 10.9 Å². The van der Waals surface area contributed by atoms with Gasteiger partial charge in [-0.25, -0.2) is 4.21 Å². The molecule has 36 heavy (non-hydrogen) atoms. The van der Waals surface area contributed by atoms with E-state index in [0.29, 0.717) is 34.8 Å². The largest absolute Gasteiger partial charge is 0.508 e. The number of piperazine rings is 1. The van der Waals surface area contributed by atoms with Gasteiger partial charge >= 0.3 is 0 Å². The molecular formula is C28H28N4O3S. The van der Waals surface area contributed by atoms with E-state index in [0.717, 1.165) is 30.6 Å². The van der Waals surface area contributed by atoms with Crippen molar-refractivity contribution in [3.8, 4) is 5.75 Å². The zero-order chi connectivity index (χ0) is 25.1. The van der Waals surface area contributed by atoms with Gasteiger partial charge in [-0.1, -0.05) is 24.3 Å². The number of aromatic hydroxyl groups is 1. The second kappa shape index (κ2) is 10.5. The molecule has 2 heterocycles. The molecule has 4 aromatic rings. The molecule has 1 aromatic heterocycles. The fraction of sp³-hybridized carbons (Fsp3) is 0.214. The molecule has 1 unspecified atom stereocenters. The van der Waals surface area contributed by atoms with Gasteiger partial charge in [0.1, 0.15) is 5.75 Å². The van der Waals surface area contributed by atoms with Crippen LogP contribution in [0.1, 0.15) is 21.5 Å². The van der Waals surface area contributed by atoms with E-state index in [4.69, 9.17) is 0 Å². The van der Waals surface area contributed by atoms with Gasteiger partial charge in [0.25, 0.3) is 5.91 Å². The van der Waals surface area contributed by atoms with E-state index < -0.39 is 11.0 Å². The Balaban J connectivity index is 1.18. The van der Waals surface area contributed by atoms with Gasteiger partial charge in [-0.15, -0.1) is 0 Å². The first-order valence-corrected chi connectivity index (χ1v) is 13.1. The van der Waals surface area contributed by atoms with Crippen LogP contribution in [0.4, 0.5) is 5.69 Å². The van der Waals surface area contributed by atoms with Crippen LogP contribution in [-0.2, 0) is 17.5 Å². The summed E-state index contributed by atoms with van der Waals surface area (Å²) in [6.45, 7) is 5.72. The van der Waals surface area contributed by atoms with Gasteiger partial charge in [-0.05, 0) is 66.6 Å². The monoisotopic (exact) mass is 500 g/mol. The quantitative estimate of drug-likeness (QED) is 0.411. The Labute approximate surface area is 213 Å². The Morgan fingerprint density at radius 3 is 2.50 bits per heavy atom. The molecule has 1 aliphatic rings. The lowest BCUT2D eigenvalue weighted by Crippen LogP contribution is -2.48. The molecule has 0 saturated carbocycles. The molecule has 1 fully saturated rings. The molecule has 0 aliphatic carbocycles. The lowest BCUT2D eigenvalue weighted by atomic mass is 10.1. The first kappa shape index (κ1) is 24.0. The van der Waals surface area contributed by atoms with Crippen molar-refractivity contribution >= 4 is 33.5 Å². The SMILES string of the molecule is Cc1cc(O)ccc1CN1CCN(C(=O)c2ccc(NS(=O)c3cccc4cccnc34)cc2)CC1. The summed E-state index contributed by atoms with van der Waals surface area (Å²) in [5.74, 6) is 0.283. The number of rotatable bonds is 6. The number of fused-ring (bicyclic) bond motifs is 1. The summed E-state index contributed by atoms with van der Waals surface area (Å²) in [7, 11) is -1.48. The molecule has 5 rings (SSSR count). The van der Waals surface area contributed by atoms with Crippen molar-refractivity contribution in [2.24, 2.45) is 0 Å². The van der Waals surface area contributed by atoms with Gasteiger partial charge in [-0.2, -0.15) is 0 Å². The summed E-state index contributed by atoms with van der Waals surface area (Å²) in [6.07, 6.45) is 1.69.